The van der Waals surface area contributed by atoms with Gasteiger partial charge in [0.25, 0.3) is 0 Å². The monoisotopic (exact) mass is 331 g/mol. The third-order valence-electron chi connectivity index (χ3n) is 4.87. The second-order valence-corrected chi connectivity index (χ2v) is 6.81. The maximum atomic E-state index is 10.2. The highest BCUT2D eigenvalue weighted by atomic mass is 31.2. The summed E-state index contributed by atoms with van der Waals surface area (Å²) in [5.41, 5.74) is 5.44. The Morgan fingerprint density at radius 3 is 2.78 bits per heavy atom. The normalized spacial score (nSPS) is 19.4. The summed E-state index contributed by atoms with van der Waals surface area (Å²) in [5, 5.41) is 10.2. The van der Waals surface area contributed by atoms with Gasteiger partial charge in [0.1, 0.15) is 0 Å². The first-order chi connectivity index (χ1) is 11.1. The predicted octanol–water partition coefficient (Wildman–Crippen LogP) is 2.73. The Morgan fingerprint density at radius 1 is 1.17 bits per heavy atom. The molecule has 1 aliphatic carbocycles. The highest BCUT2D eigenvalue weighted by Crippen LogP contribution is 2.52. The first-order valence-corrected chi connectivity index (χ1v) is 8.76. The standard InChI is InChI=1S/C17H18NO4P/c1-18-8-7-10-3-2-4-12-15(10)13(18)9-11-5-6-14(19)17(16(11)12)22-23(20)21/h2-6,13,19-21H,7-9H2,1H3. The molecule has 1 aliphatic heterocycles. The molecule has 1 unspecified atom stereocenters. The number of aromatic hydroxyl groups is 1. The van der Waals surface area contributed by atoms with Gasteiger partial charge in [-0.3, -0.25) is 4.90 Å². The molecule has 2 aliphatic rings. The lowest BCUT2D eigenvalue weighted by atomic mass is 9.77. The van der Waals surface area contributed by atoms with E-state index in [-0.39, 0.29) is 11.5 Å². The van der Waals surface area contributed by atoms with Crippen LogP contribution in [0.3, 0.4) is 0 Å². The first-order valence-electron chi connectivity index (χ1n) is 7.59. The second kappa shape index (κ2) is 5.46. The summed E-state index contributed by atoms with van der Waals surface area (Å²) in [6.07, 6.45) is 1.81. The van der Waals surface area contributed by atoms with Crippen LogP contribution in [0.25, 0.3) is 11.1 Å². The third-order valence-corrected chi connectivity index (χ3v) is 5.22. The Hall–Kier alpha value is -1.65. The predicted molar refractivity (Wildman–Crippen MR) is 88.3 cm³/mol. The lowest BCUT2D eigenvalue weighted by molar-refractivity contribution is 0.228. The number of hydrogen-bond donors (Lipinski definition) is 3. The highest BCUT2D eigenvalue weighted by Gasteiger charge is 2.34. The molecule has 3 N–H and O–H groups in total. The molecule has 1 atom stereocenters. The molecule has 0 spiro atoms. The van der Waals surface area contributed by atoms with Gasteiger partial charge in [-0.05, 0) is 48.2 Å². The zero-order valence-corrected chi connectivity index (χ0v) is 13.6. The summed E-state index contributed by atoms with van der Waals surface area (Å²) >= 11 is 0. The van der Waals surface area contributed by atoms with Crippen LogP contribution in [0.2, 0.25) is 0 Å². The van der Waals surface area contributed by atoms with Gasteiger partial charge < -0.3 is 19.4 Å². The Kier molecular flexibility index (Phi) is 3.54. The van der Waals surface area contributed by atoms with Crippen molar-refractivity contribution in [3.63, 3.8) is 0 Å². The van der Waals surface area contributed by atoms with Crippen molar-refractivity contribution in [1.29, 1.82) is 0 Å². The van der Waals surface area contributed by atoms with Crippen molar-refractivity contribution in [3.05, 3.63) is 47.0 Å². The summed E-state index contributed by atoms with van der Waals surface area (Å²) in [4.78, 5) is 20.9. The summed E-state index contributed by atoms with van der Waals surface area (Å²) in [6.45, 7) is 1.02. The number of nitrogens with zero attached hydrogens (tertiary/aromatic N) is 1. The number of hydrogen-bond acceptors (Lipinski definition) is 5. The molecule has 2 aromatic carbocycles. The molecule has 0 fully saturated rings. The zero-order chi connectivity index (χ0) is 16.1. The SMILES string of the molecule is CN1CCc2cccc3c2C1Cc1ccc(O)c(OP(O)O)c1-3. The second-order valence-electron chi connectivity index (χ2n) is 6.12. The van der Waals surface area contributed by atoms with Gasteiger partial charge in [-0.25, -0.2) is 0 Å². The van der Waals surface area contributed by atoms with E-state index in [0.29, 0.717) is 6.04 Å². The molecule has 0 bridgehead atoms. The van der Waals surface area contributed by atoms with E-state index in [0.717, 1.165) is 36.1 Å². The largest absolute Gasteiger partial charge is 0.504 e. The number of likely N-dealkylation sites (N-methyl/N-ethyl adjacent to an activating group) is 1. The number of rotatable bonds is 2. The van der Waals surface area contributed by atoms with Crippen LogP contribution in [0.4, 0.5) is 0 Å². The molecule has 0 aromatic heterocycles. The summed E-state index contributed by atoms with van der Waals surface area (Å²) in [7, 11) is -0.452. The fourth-order valence-corrected chi connectivity index (χ4v) is 4.18. The van der Waals surface area contributed by atoms with Crippen LogP contribution >= 0.6 is 8.60 Å². The topological polar surface area (TPSA) is 73.2 Å². The molecular formula is C17H18NO4P. The van der Waals surface area contributed by atoms with Crippen LogP contribution in [-0.4, -0.2) is 33.4 Å². The Morgan fingerprint density at radius 2 is 2.00 bits per heavy atom. The molecule has 4 rings (SSSR count). The van der Waals surface area contributed by atoms with Crippen LogP contribution in [0.15, 0.2) is 30.3 Å². The molecule has 1 heterocycles. The minimum atomic E-state index is -2.59. The lowest BCUT2D eigenvalue weighted by Gasteiger charge is -2.40. The molecule has 6 heteroatoms. The Bertz CT molecular complexity index is 777. The zero-order valence-electron chi connectivity index (χ0n) is 12.7. The quantitative estimate of drug-likeness (QED) is 0.738. The van der Waals surface area contributed by atoms with Gasteiger partial charge in [-0.2, -0.15) is 0 Å². The van der Waals surface area contributed by atoms with Crippen molar-refractivity contribution < 1.29 is 19.4 Å². The number of phenols is 1. The van der Waals surface area contributed by atoms with E-state index in [4.69, 9.17) is 4.52 Å². The van der Waals surface area contributed by atoms with Crippen LogP contribution in [0.1, 0.15) is 22.7 Å². The van der Waals surface area contributed by atoms with E-state index in [1.807, 2.05) is 18.2 Å². The molecule has 23 heavy (non-hydrogen) atoms. The molecule has 2 aromatic rings. The van der Waals surface area contributed by atoms with Gasteiger partial charge in [-0.1, -0.05) is 24.3 Å². The van der Waals surface area contributed by atoms with Crippen molar-refractivity contribution in [2.75, 3.05) is 13.6 Å². The first kappa shape index (κ1) is 14.9. The Labute approximate surface area is 135 Å². The van der Waals surface area contributed by atoms with Crippen LogP contribution in [0.5, 0.6) is 11.5 Å². The van der Waals surface area contributed by atoms with Gasteiger partial charge >= 0.3 is 8.60 Å². The minimum Gasteiger partial charge on any atom is -0.504 e. The smallest absolute Gasteiger partial charge is 0.391 e. The summed E-state index contributed by atoms with van der Waals surface area (Å²) in [5.74, 6) is 0.0956. The van der Waals surface area contributed by atoms with Crippen molar-refractivity contribution in [2.24, 2.45) is 0 Å². The molecular weight excluding hydrogens is 313 g/mol. The van der Waals surface area contributed by atoms with E-state index < -0.39 is 8.60 Å². The van der Waals surface area contributed by atoms with E-state index in [1.165, 1.54) is 11.1 Å². The van der Waals surface area contributed by atoms with Crippen molar-refractivity contribution in [1.82, 2.24) is 4.90 Å². The van der Waals surface area contributed by atoms with Crippen LogP contribution in [-0.2, 0) is 12.8 Å². The minimum absolute atomic E-state index is 0.0698. The molecule has 120 valence electrons. The van der Waals surface area contributed by atoms with Gasteiger partial charge in [0.15, 0.2) is 11.5 Å². The Balaban J connectivity index is 1.98. The van der Waals surface area contributed by atoms with Gasteiger partial charge in [0.2, 0.25) is 0 Å². The fourth-order valence-electron chi connectivity index (χ4n) is 3.83. The van der Waals surface area contributed by atoms with Crippen LogP contribution in [0, 0.1) is 0 Å². The molecule has 5 nitrogen and oxygen atoms in total. The van der Waals surface area contributed by atoms with Gasteiger partial charge in [0.05, 0.1) is 0 Å². The van der Waals surface area contributed by atoms with E-state index in [9.17, 15) is 14.9 Å². The number of benzene rings is 2. The average molecular weight is 331 g/mol. The highest BCUT2D eigenvalue weighted by molar-refractivity contribution is 7.39. The van der Waals surface area contributed by atoms with Gasteiger partial charge in [-0.15, -0.1) is 0 Å². The molecule has 0 amide bonds. The van der Waals surface area contributed by atoms with Crippen molar-refractivity contribution in [2.45, 2.75) is 18.9 Å². The summed E-state index contributed by atoms with van der Waals surface area (Å²) < 4.78 is 5.17. The summed E-state index contributed by atoms with van der Waals surface area (Å²) in [6, 6.07) is 9.95. The maximum Gasteiger partial charge on any atom is 0.391 e. The van der Waals surface area contributed by atoms with Crippen molar-refractivity contribution >= 4 is 8.60 Å². The fraction of sp³-hybridized carbons (Fsp3) is 0.294. The number of fused-ring (bicyclic) bond motifs is 2. The molecule has 0 saturated carbocycles. The van der Waals surface area contributed by atoms with Crippen molar-refractivity contribution in [3.8, 4) is 22.6 Å². The van der Waals surface area contributed by atoms with E-state index in [1.54, 1.807) is 6.07 Å². The molecule has 0 saturated heterocycles. The third kappa shape index (κ3) is 2.32. The average Bonchev–Trinajstić information content (AvgIpc) is 2.53. The van der Waals surface area contributed by atoms with Gasteiger partial charge in [0, 0.05) is 18.2 Å². The lowest BCUT2D eigenvalue weighted by Crippen LogP contribution is -2.35. The molecule has 0 radical (unpaired) electrons. The van der Waals surface area contributed by atoms with Crippen LogP contribution < -0.4 is 4.52 Å². The van der Waals surface area contributed by atoms with E-state index >= 15 is 0 Å². The maximum absolute atomic E-state index is 10.2. The van der Waals surface area contributed by atoms with E-state index in [2.05, 4.69) is 18.0 Å². The number of phenolic OH excluding ortho intramolecular Hbond substituents is 1.